The van der Waals surface area contributed by atoms with Crippen LogP contribution in [0.3, 0.4) is 0 Å². The SMILES string of the molecule is Cc1nnc(SC[C@@H]2O[C@H](c3cccc(NC(=O)Nc4ccc(Oc5ccccc5)cc4)c3)O[C@H](c3ccc(CO)cc3)[C@@H]2C)s1. The Morgan fingerprint density at radius 2 is 1.61 bits per heavy atom. The van der Waals surface area contributed by atoms with Crippen molar-refractivity contribution in [1.82, 2.24) is 10.2 Å². The lowest BCUT2D eigenvalue weighted by Crippen LogP contribution is -2.38. The highest BCUT2D eigenvalue weighted by Crippen LogP contribution is 2.43. The number of aliphatic hydroxyl groups is 1. The molecule has 11 heteroatoms. The van der Waals surface area contributed by atoms with Crippen LogP contribution < -0.4 is 15.4 Å². The number of hydrogen-bond acceptors (Lipinski definition) is 9. The second kappa shape index (κ2) is 14.9. The van der Waals surface area contributed by atoms with E-state index in [1.54, 1.807) is 47.4 Å². The van der Waals surface area contributed by atoms with E-state index >= 15 is 0 Å². The highest BCUT2D eigenvalue weighted by Gasteiger charge is 2.38. The summed E-state index contributed by atoms with van der Waals surface area (Å²) in [5.41, 5.74) is 3.86. The Morgan fingerprint density at radius 1 is 0.870 bits per heavy atom. The number of benzene rings is 4. The second-order valence-electron chi connectivity index (χ2n) is 10.9. The van der Waals surface area contributed by atoms with Crippen LogP contribution >= 0.6 is 23.1 Å². The van der Waals surface area contributed by atoms with E-state index in [9.17, 15) is 9.90 Å². The minimum atomic E-state index is -0.664. The molecule has 5 aromatic rings. The number of aryl methyl sites for hydroxylation is 1. The highest BCUT2D eigenvalue weighted by atomic mass is 32.2. The molecule has 1 saturated heterocycles. The first-order valence-electron chi connectivity index (χ1n) is 14.9. The summed E-state index contributed by atoms with van der Waals surface area (Å²) < 4.78 is 19.9. The van der Waals surface area contributed by atoms with Crippen molar-refractivity contribution in [3.05, 3.63) is 125 Å². The number of thioether (sulfide) groups is 1. The topological polar surface area (TPSA) is 115 Å². The van der Waals surface area contributed by atoms with Crippen LogP contribution in [0, 0.1) is 12.8 Å². The maximum atomic E-state index is 12.9. The number of aliphatic hydroxyl groups excluding tert-OH is 1. The number of para-hydroxylation sites is 1. The molecule has 0 spiro atoms. The molecule has 2 amide bonds. The maximum absolute atomic E-state index is 12.9. The molecule has 1 aliphatic heterocycles. The van der Waals surface area contributed by atoms with Crippen LogP contribution in [0.25, 0.3) is 0 Å². The van der Waals surface area contributed by atoms with E-state index in [2.05, 4.69) is 27.8 Å². The van der Waals surface area contributed by atoms with Crippen LogP contribution in [0.2, 0.25) is 0 Å². The fourth-order valence-corrected chi connectivity index (χ4v) is 7.09. The molecule has 0 aliphatic carbocycles. The zero-order chi connectivity index (χ0) is 31.9. The number of aromatic nitrogens is 2. The largest absolute Gasteiger partial charge is 0.457 e. The summed E-state index contributed by atoms with van der Waals surface area (Å²) in [6, 6.07) is 31.6. The maximum Gasteiger partial charge on any atom is 0.323 e. The van der Waals surface area contributed by atoms with Gasteiger partial charge in [-0.05, 0) is 66.6 Å². The summed E-state index contributed by atoms with van der Waals surface area (Å²) >= 11 is 3.19. The van der Waals surface area contributed by atoms with E-state index in [0.29, 0.717) is 22.9 Å². The summed E-state index contributed by atoms with van der Waals surface area (Å²) in [7, 11) is 0. The van der Waals surface area contributed by atoms with Gasteiger partial charge in [0.05, 0.1) is 18.8 Å². The van der Waals surface area contributed by atoms with E-state index in [0.717, 1.165) is 31.8 Å². The van der Waals surface area contributed by atoms with Crippen LogP contribution in [0.15, 0.2) is 107 Å². The van der Waals surface area contributed by atoms with Gasteiger partial charge in [-0.2, -0.15) is 0 Å². The lowest BCUT2D eigenvalue weighted by Gasteiger charge is -2.41. The van der Waals surface area contributed by atoms with Gasteiger partial charge in [0.2, 0.25) is 0 Å². The van der Waals surface area contributed by atoms with Crippen molar-refractivity contribution in [2.75, 3.05) is 16.4 Å². The Hall–Kier alpha value is -4.26. The van der Waals surface area contributed by atoms with Gasteiger partial charge in [-0.15, -0.1) is 10.2 Å². The second-order valence-corrected chi connectivity index (χ2v) is 13.3. The van der Waals surface area contributed by atoms with Gasteiger partial charge in [-0.3, -0.25) is 0 Å². The molecule has 4 aromatic carbocycles. The summed E-state index contributed by atoms with van der Waals surface area (Å²) in [6.45, 7) is 4.05. The minimum absolute atomic E-state index is 0.0189. The van der Waals surface area contributed by atoms with Crippen molar-refractivity contribution < 1.29 is 24.1 Å². The van der Waals surface area contributed by atoms with Gasteiger partial charge in [0, 0.05) is 28.6 Å². The third-order valence-electron chi connectivity index (χ3n) is 7.51. The standard InChI is InChI=1S/C35H34N4O5S2/c1-22-31(21-45-35-39-38-23(2)46-35)43-33(44-32(22)25-13-11-24(20-40)12-14-25)26-7-6-8-28(19-26)37-34(41)36-27-15-17-30(18-16-27)42-29-9-4-3-5-10-29/h3-19,22,31-33,40H,20-21H2,1-2H3,(H2,36,37,41)/t22-,31+,32+,33+/m1/s1. The molecule has 6 rings (SSSR count). The zero-order valence-corrected chi connectivity index (χ0v) is 27.0. The molecule has 0 unspecified atom stereocenters. The fourth-order valence-electron chi connectivity index (χ4n) is 5.09. The average molecular weight is 655 g/mol. The molecule has 1 aliphatic rings. The monoisotopic (exact) mass is 654 g/mol. The minimum Gasteiger partial charge on any atom is -0.457 e. The van der Waals surface area contributed by atoms with Gasteiger partial charge in [-0.25, -0.2) is 4.79 Å². The number of anilines is 2. The molecule has 0 radical (unpaired) electrons. The number of nitrogens with one attached hydrogen (secondary N) is 2. The fraction of sp³-hybridized carbons (Fsp3) is 0.229. The van der Waals surface area contributed by atoms with E-state index in [1.807, 2.05) is 85.8 Å². The molecule has 236 valence electrons. The quantitative estimate of drug-likeness (QED) is 0.129. The Kier molecular flexibility index (Phi) is 10.3. The molecule has 3 N–H and O–H groups in total. The molecular formula is C35H34N4O5S2. The Morgan fingerprint density at radius 3 is 2.33 bits per heavy atom. The lowest BCUT2D eigenvalue weighted by molar-refractivity contribution is -0.268. The molecule has 1 fully saturated rings. The molecule has 0 saturated carbocycles. The number of hydrogen-bond donors (Lipinski definition) is 3. The number of ether oxygens (including phenoxy) is 3. The first-order chi connectivity index (χ1) is 22.4. The van der Waals surface area contributed by atoms with Crippen LogP contribution in [-0.2, 0) is 16.1 Å². The van der Waals surface area contributed by atoms with E-state index < -0.39 is 6.29 Å². The molecule has 46 heavy (non-hydrogen) atoms. The molecule has 2 heterocycles. The van der Waals surface area contributed by atoms with Crippen molar-refractivity contribution in [3.8, 4) is 11.5 Å². The zero-order valence-electron chi connectivity index (χ0n) is 25.3. The number of carbonyl (C=O) groups is 1. The molecular weight excluding hydrogens is 621 g/mol. The highest BCUT2D eigenvalue weighted by molar-refractivity contribution is 8.01. The number of urea groups is 1. The molecule has 9 nitrogen and oxygen atoms in total. The van der Waals surface area contributed by atoms with E-state index in [-0.39, 0.29) is 30.8 Å². The normalized spacial score (nSPS) is 19.4. The molecule has 1 aromatic heterocycles. The van der Waals surface area contributed by atoms with Gasteiger partial charge in [0.15, 0.2) is 10.6 Å². The van der Waals surface area contributed by atoms with Crippen LogP contribution in [0.5, 0.6) is 11.5 Å². The Bertz CT molecular complexity index is 1730. The third-order valence-corrected chi connectivity index (χ3v) is 9.57. The number of amides is 2. The summed E-state index contributed by atoms with van der Waals surface area (Å²) in [4.78, 5) is 12.9. The predicted octanol–water partition coefficient (Wildman–Crippen LogP) is 8.36. The average Bonchev–Trinajstić information content (AvgIpc) is 3.50. The van der Waals surface area contributed by atoms with Crippen LogP contribution in [0.4, 0.5) is 16.2 Å². The van der Waals surface area contributed by atoms with Crippen molar-refractivity contribution in [2.24, 2.45) is 5.92 Å². The van der Waals surface area contributed by atoms with Crippen molar-refractivity contribution in [2.45, 2.75) is 43.3 Å². The number of nitrogens with zero attached hydrogens (tertiary/aromatic N) is 2. The van der Waals surface area contributed by atoms with Crippen LogP contribution in [0.1, 0.15) is 41.0 Å². The summed E-state index contributed by atoms with van der Waals surface area (Å²) in [6.07, 6.45) is -1.06. The summed E-state index contributed by atoms with van der Waals surface area (Å²) in [5.74, 6) is 2.12. The van der Waals surface area contributed by atoms with Gasteiger partial charge in [0.1, 0.15) is 16.5 Å². The van der Waals surface area contributed by atoms with Gasteiger partial charge in [-0.1, -0.05) is 84.6 Å². The Labute approximate surface area is 276 Å². The third kappa shape index (κ3) is 8.11. The van der Waals surface area contributed by atoms with E-state index in [1.165, 1.54) is 0 Å². The van der Waals surface area contributed by atoms with Crippen molar-refractivity contribution in [1.29, 1.82) is 0 Å². The summed E-state index contributed by atoms with van der Waals surface area (Å²) in [5, 5.41) is 24.6. The first kappa shape index (κ1) is 31.7. The van der Waals surface area contributed by atoms with E-state index in [4.69, 9.17) is 14.2 Å². The smallest absolute Gasteiger partial charge is 0.323 e. The number of carbonyl (C=O) groups excluding carboxylic acids is 1. The van der Waals surface area contributed by atoms with Crippen molar-refractivity contribution in [3.63, 3.8) is 0 Å². The van der Waals surface area contributed by atoms with Gasteiger partial charge < -0.3 is 30.0 Å². The predicted molar refractivity (Wildman–Crippen MR) is 180 cm³/mol. The first-order valence-corrected chi connectivity index (χ1v) is 16.7. The molecule has 4 atom stereocenters. The molecule has 0 bridgehead atoms. The Balaban J connectivity index is 1.14. The number of rotatable bonds is 10. The van der Waals surface area contributed by atoms with Gasteiger partial charge >= 0.3 is 6.03 Å². The lowest BCUT2D eigenvalue weighted by atomic mass is 9.91. The van der Waals surface area contributed by atoms with Crippen LogP contribution in [-0.4, -0.2) is 33.2 Å². The van der Waals surface area contributed by atoms with Crippen molar-refractivity contribution >= 4 is 40.5 Å². The van der Waals surface area contributed by atoms with Gasteiger partial charge in [0.25, 0.3) is 0 Å².